The second-order valence-corrected chi connectivity index (χ2v) is 6.77. The lowest BCUT2D eigenvalue weighted by Gasteiger charge is -2.32. The van der Waals surface area contributed by atoms with Crippen LogP contribution in [0.1, 0.15) is 12.0 Å². The summed E-state index contributed by atoms with van der Waals surface area (Å²) in [7, 11) is 1.97. The molecule has 2 aromatic carbocycles. The van der Waals surface area contributed by atoms with Crippen LogP contribution < -0.4 is 21.3 Å². The van der Waals surface area contributed by atoms with E-state index in [1.165, 1.54) is 5.56 Å². The van der Waals surface area contributed by atoms with Gasteiger partial charge in [-0.1, -0.05) is 23.8 Å². The molecule has 1 aliphatic rings. The Morgan fingerprint density at radius 2 is 1.92 bits per heavy atom. The third-order valence-electron chi connectivity index (χ3n) is 4.80. The first-order valence-corrected chi connectivity index (χ1v) is 8.81. The highest BCUT2D eigenvalue weighted by Crippen LogP contribution is 2.39. The summed E-state index contributed by atoms with van der Waals surface area (Å²) in [6, 6.07) is 14.7. The van der Waals surface area contributed by atoms with Gasteiger partial charge in [0.05, 0.1) is 30.3 Å². The Morgan fingerprint density at radius 3 is 2.56 bits per heavy atom. The van der Waals surface area contributed by atoms with Crippen LogP contribution >= 0.6 is 0 Å². The van der Waals surface area contributed by atoms with E-state index < -0.39 is 0 Å². The van der Waals surface area contributed by atoms with Crippen molar-refractivity contribution < 1.29 is 4.74 Å². The predicted octanol–water partition coefficient (Wildman–Crippen LogP) is 3.10. The van der Waals surface area contributed by atoms with E-state index in [2.05, 4.69) is 42.2 Å². The van der Waals surface area contributed by atoms with E-state index in [0.29, 0.717) is 12.6 Å². The molecule has 0 saturated carbocycles. The van der Waals surface area contributed by atoms with Crippen molar-refractivity contribution in [2.24, 2.45) is 11.7 Å². The number of nitrogens with two attached hydrogens (primary N) is 2. The van der Waals surface area contributed by atoms with Gasteiger partial charge >= 0.3 is 0 Å². The zero-order chi connectivity index (χ0) is 17.8. The Kier molecular flexibility index (Phi) is 5.46. The molecule has 1 unspecified atom stereocenters. The molecule has 5 nitrogen and oxygen atoms in total. The monoisotopic (exact) mass is 340 g/mol. The Bertz CT molecular complexity index is 695. The molecule has 0 aromatic heterocycles. The minimum Gasteiger partial charge on any atom is -0.397 e. The van der Waals surface area contributed by atoms with Crippen molar-refractivity contribution in [3.8, 4) is 0 Å². The molecule has 1 saturated heterocycles. The third kappa shape index (κ3) is 3.89. The van der Waals surface area contributed by atoms with Crippen molar-refractivity contribution in [2.45, 2.75) is 13.3 Å². The second kappa shape index (κ2) is 7.76. The molecule has 1 aliphatic heterocycles. The summed E-state index contributed by atoms with van der Waals surface area (Å²) in [6.45, 7) is 5.08. The van der Waals surface area contributed by atoms with Crippen LogP contribution in [0.25, 0.3) is 0 Å². The number of benzene rings is 2. The van der Waals surface area contributed by atoms with Gasteiger partial charge in [0.1, 0.15) is 0 Å². The van der Waals surface area contributed by atoms with Gasteiger partial charge < -0.3 is 26.0 Å². The first-order valence-electron chi connectivity index (χ1n) is 8.81. The quantitative estimate of drug-likeness (QED) is 0.625. The summed E-state index contributed by atoms with van der Waals surface area (Å²) >= 11 is 0. The SMILES string of the molecule is Cc1ccc(N(CC2CCOC2)c2cccc(N)c2N(C)CN)cc1. The lowest BCUT2D eigenvalue weighted by Crippen LogP contribution is -2.31. The van der Waals surface area contributed by atoms with Gasteiger partial charge in [-0.2, -0.15) is 0 Å². The van der Waals surface area contributed by atoms with Crippen LogP contribution in [0.2, 0.25) is 0 Å². The van der Waals surface area contributed by atoms with Gasteiger partial charge in [0, 0.05) is 31.8 Å². The second-order valence-electron chi connectivity index (χ2n) is 6.77. The molecule has 0 bridgehead atoms. The normalized spacial score (nSPS) is 16.8. The summed E-state index contributed by atoms with van der Waals surface area (Å²) in [6.07, 6.45) is 1.09. The van der Waals surface area contributed by atoms with E-state index in [-0.39, 0.29) is 0 Å². The van der Waals surface area contributed by atoms with E-state index in [4.69, 9.17) is 16.2 Å². The van der Waals surface area contributed by atoms with Crippen LogP contribution in [0, 0.1) is 12.8 Å². The summed E-state index contributed by atoms with van der Waals surface area (Å²) in [5, 5.41) is 0. The first kappa shape index (κ1) is 17.6. The fourth-order valence-corrected chi connectivity index (χ4v) is 3.33. The summed E-state index contributed by atoms with van der Waals surface area (Å²) < 4.78 is 5.59. The maximum Gasteiger partial charge on any atom is 0.0848 e. The molecule has 1 heterocycles. The molecule has 25 heavy (non-hydrogen) atoms. The minimum atomic E-state index is 0.412. The highest BCUT2D eigenvalue weighted by atomic mass is 16.5. The smallest absolute Gasteiger partial charge is 0.0848 e. The number of para-hydroxylation sites is 1. The van der Waals surface area contributed by atoms with Crippen LogP contribution in [0.4, 0.5) is 22.7 Å². The molecule has 2 aromatic rings. The Hall–Kier alpha value is -2.24. The van der Waals surface area contributed by atoms with Crippen molar-refractivity contribution in [3.63, 3.8) is 0 Å². The van der Waals surface area contributed by atoms with Crippen molar-refractivity contribution >= 4 is 22.7 Å². The molecule has 134 valence electrons. The molecule has 3 rings (SSSR count). The number of nitrogen functional groups attached to an aromatic ring is 1. The molecule has 0 aliphatic carbocycles. The molecule has 1 fully saturated rings. The van der Waals surface area contributed by atoms with Gasteiger partial charge in [0.2, 0.25) is 0 Å². The van der Waals surface area contributed by atoms with E-state index in [1.807, 2.05) is 24.1 Å². The van der Waals surface area contributed by atoms with E-state index in [1.54, 1.807) is 0 Å². The van der Waals surface area contributed by atoms with Gasteiger partial charge in [-0.25, -0.2) is 0 Å². The van der Waals surface area contributed by atoms with E-state index >= 15 is 0 Å². The van der Waals surface area contributed by atoms with Crippen molar-refractivity contribution in [1.29, 1.82) is 0 Å². The molecule has 1 atom stereocenters. The zero-order valence-corrected chi connectivity index (χ0v) is 15.1. The van der Waals surface area contributed by atoms with Gasteiger partial charge in [0.25, 0.3) is 0 Å². The average molecular weight is 340 g/mol. The predicted molar refractivity (Wildman–Crippen MR) is 105 cm³/mol. The first-order chi connectivity index (χ1) is 12.1. The number of hydrogen-bond acceptors (Lipinski definition) is 5. The van der Waals surface area contributed by atoms with Crippen molar-refractivity contribution in [3.05, 3.63) is 48.0 Å². The highest BCUT2D eigenvalue weighted by Gasteiger charge is 2.23. The molecule has 0 amide bonds. The number of ether oxygens (including phenoxy) is 1. The number of hydrogen-bond donors (Lipinski definition) is 2. The standard InChI is InChI=1S/C20H28N4O/c1-15-6-8-17(9-7-15)24(12-16-10-11-25-13-16)19-5-3-4-18(22)20(19)23(2)14-21/h3-9,16H,10-14,21-22H2,1-2H3. The third-order valence-corrected chi connectivity index (χ3v) is 4.80. The highest BCUT2D eigenvalue weighted by molar-refractivity contribution is 5.86. The van der Waals surface area contributed by atoms with Gasteiger partial charge in [-0.15, -0.1) is 0 Å². The van der Waals surface area contributed by atoms with E-state index in [0.717, 1.165) is 48.9 Å². The number of rotatable bonds is 6. The van der Waals surface area contributed by atoms with Gasteiger partial charge in [-0.05, 0) is 37.6 Å². The Labute approximate surface area is 150 Å². The summed E-state index contributed by atoms with van der Waals surface area (Å²) in [5.74, 6) is 0.513. The number of aryl methyl sites for hydroxylation is 1. The molecular weight excluding hydrogens is 312 g/mol. The maximum atomic E-state index is 6.30. The number of anilines is 4. The maximum absolute atomic E-state index is 6.30. The summed E-state index contributed by atoms with van der Waals surface area (Å²) in [5.41, 5.74) is 17.4. The fraction of sp³-hybridized carbons (Fsp3) is 0.400. The van der Waals surface area contributed by atoms with E-state index in [9.17, 15) is 0 Å². The molecule has 5 heteroatoms. The van der Waals surface area contributed by atoms with Gasteiger partial charge in [0.15, 0.2) is 0 Å². The number of nitrogens with zero attached hydrogens (tertiary/aromatic N) is 2. The molecule has 0 spiro atoms. The Morgan fingerprint density at radius 1 is 1.16 bits per heavy atom. The summed E-state index contributed by atoms with van der Waals surface area (Å²) in [4.78, 5) is 4.34. The van der Waals surface area contributed by atoms with Crippen molar-refractivity contribution in [2.75, 3.05) is 49.0 Å². The van der Waals surface area contributed by atoms with Crippen LogP contribution in [0.15, 0.2) is 42.5 Å². The topological polar surface area (TPSA) is 67.8 Å². The molecule has 4 N–H and O–H groups in total. The van der Waals surface area contributed by atoms with Crippen LogP contribution in [-0.4, -0.2) is 33.5 Å². The van der Waals surface area contributed by atoms with Crippen LogP contribution in [0.5, 0.6) is 0 Å². The molecule has 0 radical (unpaired) electrons. The molecular formula is C20H28N4O. The van der Waals surface area contributed by atoms with Gasteiger partial charge in [-0.3, -0.25) is 0 Å². The fourth-order valence-electron chi connectivity index (χ4n) is 3.33. The van der Waals surface area contributed by atoms with Crippen molar-refractivity contribution in [1.82, 2.24) is 0 Å². The Balaban J connectivity index is 2.04. The van der Waals surface area contributed by atoms with Crippen LogP contribution in [-0.2, 0) is 4.74 Å². The zero-order valence-electron chi connectivity index (χ0n) is 15.1. The minimum absolute atomic E-state index is 0.412. The lowest BCUT2D eigenvalue weighted by atomic mass is 10.1. The average Bonchev–Trinajstić information content (AvgIpc) is 3.13. The lowest BCUT2D eigenvalue weighted by molar-refractivity contribution is 0.187. The largest absolute Gasteiger partial charge is 0.397 e. The van der Waals surface area contributed by atoms with Crippen LogP contribution in [0.3, 0.4) is 0 Å².